The molecule has 1 aromatic carbocycles. The molecule has 0 radical (unpaired) electrons. The van der Waals surface area contributed by atoms with Gasteiger partial charge in [0.25, 0.3) is 0 Å². The van der Waals surface area contributed by atoms with Crippen molar-refractivity contribution in [3.63, 3.8) is 0 Å². The third kappa shape index (κ3) is 6.05. The van der Waals surface area contributed by atoms with Crippen molar-refractivity contribution in [1.82, 2.24) is 15.6 Å². The highest BCUT2D eigenvalue weighted by molar-refractivity contribution is 7.11. The minimum Gasteiger partial charge on any atom is -0.372 e. The van der Waals surface area contributed by atoms with Crippen LogP contribution in [0.15, 0.2) is 35.3 Å². The zero-order valence-corrected chi connectivity index (χ0v) is 16.5. The fourth-order valence-electron chi connectivity index (χ4n) is 2.58. The van der Waals surface area contributed by atoms with E-state index in [4.69, 9.17) is 0 Å². The number of nitrogens with one attached hydrogen (secondary N) is 2. The molecule has 0 saturated heterocycles. The van der Waals surface area contributed by atoms with E-state index in [0.717, 1.165) is 42.7 Å². The van der Waals surface area contributed by atoms with Crippen LogP contribution in [0.4, 0.5) is 5.69 Å². The minimum atomic E-state index is 0.712. The van der Waals surface area contributed by atoms with Crippen LogP contribution in [-0.2, 0) is 6.54 Å². The first kappa shape index (κ1) is 19.2. The molecule has 0 aliphatic rings. The number of anilines is 1. The predicted molar refractivity (Wildman–Crippen MR) is 109 cm³/mol. The number of aryl methyl sites for hydroxylation is 2. The molecule has 2 aromatic rings. The molecule has 0 saturated carbocycles. The van der Waals surface area contributed by atoms with Crippen molar-refractivity contribution in [3.8, 4) is 0 Å². The number of benzene rings is 1. The van der Waals surface area contributed by atoms with Crippen molar-refractivity contribution in [2.24, 2.45) is 4.99 Å². The highest BCUT2D eigenvalue weighted by atomic mass is 32.1. The molecule has 0 aliphatic carbocycles. The number of aliphatic imine (C=N–C) groups is 1. The molecule has 0 spiro atoms. The lowest BCUT2D eigenvalue weighted by molar-refractivity contribution is 0.708. The Morgan fingerprint density at radius 3 is 2.56 bits per heavy atom. The van der Waals surface area contributed by atoms with Crippen LogP contribution in [0, 0.1) is 13.8 Å². The maximum Gasteiger partial charge on any atom is 0.191 e. The normalized spacial score (nSPS) is 11.4. The van der Waals surface area contributed by atoms with Gasteiger partial charge in [0.2, 0.25) is 0 Å². The Morgan fingerprint density at radius 1 is 1.20 bits per heavy atom. The van der Waals surface area contributed by atoms with Crippen LogP contribution in [0.5, 0.6) is 0 Å². The average Bonchev–Trinajstić information content (AvgIpc) is 2.96. The predicted octanol–water partition coefficient (Wildman–Crippen LogP) is 3.34. The largest absolute Gasteiger partial charge is 0.372 e. The molecular weight excluding hydrogens is 330 g/mol. The quantitative estimate of drug-likeness (QED) is 0.431. The highest BCUT2D eigenvalue weighted by Gasteiger charge is 2.06. The Balaban J connectivity index is 1.71. The summed E-state index contributed by atoms with van der Waals surface area (Å²) < 4.78 is 0. The number of hydrogen-bond donors (Lipinski definition) is 2. The van der Waals surface area contributed by atoms with Gasteiger partial charge in [-0.3, -0.25) is 4.99 Å². The fraction of sp³-hybridized carbons (Fsp3) is 0.474. The summed E-state index contributed by atoms with van der Waals surface area (Å²) >= 11 is 1.74. The fourth-order valence-corrected chi connectivity index (χ4v) is 3.45. The summed E-state index contributed by atoms with van der Waals surface area (Å²) in [5.41, 5.74) is 2.40. The van der Waals surface area contributed by atoms with E-state index in [9.17, 15) is 0 Å². The molecule has 0 bridgehead atoms. The van der Waals surface area contributed by atoms with Gasteiger partial charge >= 0.3 is 0 Å². The lowest BCUT2D eigenvalue weighted by Crippen LogP contribution is -2.38. The number of rotatable bonds is 8. The van der Waals surface area contributed by atoms with E-state index in [1.165, 1.54) is 10.6 Å². The van der Waals surface area contributed by atoms with Gasteiger partial charge in [0.1, 0.15) is 5.01 Å². The van der Waals surface area contributed by atoms with E-state index in [1.54, 1.807) is 18.4 Å². The van der Waals surface area contributed by atoms with Crippen molar-refractivity contribution in [3.05, 3.63) is 45.9 Å². The van der Waals surface area contributed by atoms with Crippen LogP contribution in [0.1, 0.15) is 28.9 Å². The summed E-state index contributed by atoms with van der Waals surface area (Å²) in [5, 5.41) is 7.81. The SMILES string of the molecule is CCN(CCCNC(=NC)NCc1nc(C)c(C)s1)c1ccccc1. The number of aromatic nitrogens is 1. The zero-order chi connectivity index (χ0) is 18.1. The molecule has 0 amide bonds. The van der Waals surface area contributed by atoms with Crippen molar-refractivity contribution in [2.75, 3.05) is 31.6 Å². The van der Waals surface area contributed by atoms with Crippen LogP contribution in [0.25, 0.3) is 0 Å². The maximum atomic E-state index is 4.55. The molecule has 1 aromatic heterocycles. The highest BCUT2D eigenvalue weighted by Crippen LogP contribution is 2.16. The topological polar surface area (TPSA) is 52.5 Å². The number of guanidine groups is 1. The molecule has 6 heteroatoms. The molecule has 136 valence electrons. The third-order valence-electron chi connectivity index (χ3n) is 4.10. The molecule has 0 fully saturated rings. The standard InChI is InChI=1S/C19H29N5S/c1-5-24(17-10-7-6-8-11-17)13-9-12-21-19(20-4)22-14-18-23-15(2)16(3)25-18/h6-8,10-11H,5,9,12-14H2,1-4H3,(H2,20,21,22). The Labute approximate surface area is 155 Å². The van der Waals surface area contributed by atoms with Crippen molar-refractivity contribution in [1.29, 1.82) is 0 Å². The van der Waals surface area contributed by atoms with Crippen LogP contribution in [0.2, 0.25) is 0 Å². The van der Waals surface area contributed by atoms with Crippen molar-refractivity contribution < 1.29 is 0 Å². The minimum absolute atomic E-state index is 0.712. The van der Waals surface area contributed by atoms with Crippen LogP contribution < -0.4 is 15.5 Å². The second-order valence-corrected chi connectivity index (χ2v) is 7.16. The van der Waals surface area contributed by atoms with Gasteiger partial charge in [0.15, 0.2) is 5.96 Å². The van der Waals surface area contributed by atoms with Gasteiger partial charge < -0.3 is 15.5 Å². The molecule has 2 rings (SSSR count). The molecular formula is C19H29N5S. The lowest BCUT2D eigenvalue weighted by atomic mass is 10.2. The summed E-state index contributed by atoms with van der Waals surface area (Å²) in [5.74, 6) is 0.827. The molecule has 25 heavy (non-hydrogen) atoms. The summed E-state index contributed by atoms with van der Waals surface area (Å²) in [4.78, 5) is 12.5. The van der Waals surface area contributed by atoms with Gasteiger partial charge in [-0.05, 0) is 39.3 Å². The van der Waals surface area contributed by atoms with E-state index >= 15 is 0 Å². The Hall–Kier alpha value is -2.08. The summed E-state index contributed by atoms with van der Waals surface area (Å²) in [6, 6.07) is 10.6. The van der Waals surface area contributed by atoms with Crippen LogP contribution >= 0.6 is 11.3 Å². The molecule has 0 atom stereocenters. The van der Waals surface area contributed by atoms with E-state index < -0.39 is 0 Å². The summed E-state index contributed by atoms with van der Waals surface area (Å²) in [7, 11) is 1.80. The second kappa shape index (κ2) is 10.0. The first-order valence-corrected chi connectivity index (χ1v) is 9.63. The van der Waals surface area contributed by atoms with Crippen molar-refractivity contribution in [2.45, 2.75) is 33.7 Å². The van der Waals surface area contributed by atoms with E-state index in [-0.39, 0.29) is 0 Å². The lowest BCUT2D eigenvalue weighted by Gasteiger charge is -2.23. The summed E-state index contributed by atoms with van der Waals surface area (Å²) in [6.45, 7) is 9.99. The Kier molecular flexibility index (Phi) is 7.73. The number of thiazole rings is 1. The number of para-hydroxylation sites is 1. The number of hydrogen-bond acceptors (Lipinski definition) is 4. The van der Waals surface area contributed by atoms with Gasteiger partial charge in [0, 0.05) is 37.2 Å². The first-order chi connectivity index (χ1) is 12.1. The molecule has 5 nitrogen and oxygen atoms in total. The number of nitrogens with zero attached hydrogens (tertiary/aromatic N) is 3. The zero-order valence-electron chi connectivity index (χ0n) is 15.7. The smallest absolute Gasteiger partial charge is 0.191 e. The molecule has 0 aliphatic heterocycles. The molecule has 0 unspecified atom stereocenters. The van der Waals surface area contributed by atoms with Crippen molar-refractivity contribution >= 4 is 23.0 Å². The second-order valence-electron chi connectivity index (χ2n) is 5.87. The summed E-state index contributed by atoms with van der Waals surface area (Å²) in [6.07, 6.45) is 1.05. The van der Waals surface area contributed by atoms with Gasteiger partial charge in [-0.1, -0.05) is 18.2 Å². The van der Waals surface area contributed by atoms with Gasteiger partial charge in [-0.2, -0.15) is 0 Å². The van der Waals surface area contributed by atoms with E-state index in [1.807, 2.05) is 0 Å². The van der Waals surface area contributed by atoms with Gasteiger partial charge in [-0.25, -0.2) is 4.98 Å². The van der Waals surface area contributed by atoms with Crippen LogP contribution in [-0.4, -0.2) is 37.6 Å². The first-order valence-electron chi connectivity index (χ1n) is 8.81. The van der Waals surface area contributed by atoms with E-state index in [2.05, 4.69) is 76.6 Å². The Morgan fingerprint density at radius 2 is 1.96 bits per heavy atom. The average molecular weight is 360 g/mol. The van der Waals surface area contributed by atoms with Gasteiger partial charge in [0.05, 0.1) is 12.2 Å². The maximum absolute atomic E-state index is 4.55. The monoisotopic (exact) mass is 359 g/mol. The van der Waals surface area contributed by atoms with Gasteiger partial charge in [-0.15, -0.1) is 11.3 Å². The van der Waals surface area contributed by atoms with Crippen LogP contribution in [0.3, 0.4) is 0 Å². The third-order valence-corrected chi connectivity index (χ3v) is 5.18. The molecule has 1 heterocycles. The molecule has 2 N–H and O–H groups in total. The van der Waals surface area contributed by atoms with E-state index in [0.29, 0.717) is 6.54 Å². The Bertz CT molecular complexity index is 646.